The van der Waals surface area contributed by atoms with E-state index in [-0.39, 0.29) is 27.4 Å². The molecule has 0 saturated heterocycles. The lowest BCUT2D eigenvalue weighted by Crippen LogP contribution is -2.38. The van der Waals surface area contributed by atoms with Crippen LogP contribution in [0.4, 0.5) is 0 Å². The van der Waals surface area contributed by atoms with Gasteiger partial charge in [0.25, 0.3) is 0 Å². The number of nitrogens with one attached hydrogen (secondary N) is 1. The lowest BCUT2D eigenvalue weighted by molar-refractivity contribution is -0.128. The van der Waals surface area contributed by atoms with Crippen LogP contribution in [0, 0.1) is 0 Å². The van der Waals surface area contributed by atoms with Crippen molar-refractivity contribution < 1.29 is 13.2 Å². The average molecular weight is 353 g/mol. The Morgan fingerprint density at radius 3 is 2.52 bits per heavy atom. The second kappa shape index (κ2) is 7.98. The summed E-state index contributed by atoms with van der Waals surface area (Å²) in [5.41, 5.74) is 0. The quantitative estimate of drug-likeness (QED) is 0.819. The van der Waals surface area contributed by atoms with Crippen molar-refractivity contribution in [3.63, 3.8) is 0 Å². The molecule has 0 aliphatic carbocycles. The van der Waals surface area contributed by atoms with Crippen LogP contribution < -0.4 is 4.72 Å². The molecule has 8 heteroatoms. The first-order valence-electron chi connectivity index (χ1n) is 6.46. The highest BCUT2D eigenvalue weighted by Crippen LogP contribution is 2.24. The molecular weight excluding hydrogens is 335 g/mol. The molecule has 0 aliphatic heterocycles. The minimum atomic E-state index is -3.79. The maximum absolute atomic E-state index is 12.1. The Kier molecular flexibility index (Phi) is 6.93. The summed E-state index contributed by atoms with van der Waals surface area (Å²) < 4.78 is 26.4. The predicted molar refractivity (Wildman–Crippen MR) is 84.2 cm³/mol. The van der Waals surface area contributed by atoms with E-state index >= 15 is 0 Å². The van der Waals surface area contributed by atoms with E-state index in [2.05, 4.69) is 4.72 Å². The second-order valence-electron chi connectivity index (χ2n) is 4.57. The highest BCUT2D eigenvalue weighted by molar-refractivity contribution is 7.89. The monoisotopic (exact) mass is 352 g/mol. The van der Waals surface area contributed by atoms with Gasteiger partial charge in [-0.15, -0.1) is 0 Å². The van der Waals surface area contributed by atoms with E-state index in [1.165, 1.54) is 23.1 Å². The number of amides is 1. The number of carbonyl (C=O) groups is 1. The molecule has 0 radical (unpaired) electrons. The number of hydrogen-bond donors (Lipinski definition) is 1. The molecule has 1 amide bonds. The van der Waals surface area contributed by atoms with Crippen LogP contribution in [0.2, 0.25) is 10.0 Å². The average Bonchev–Trinajstić information content (AvgIpc) is 2.44. The Balaban J connectivity index is 2.68. The summed E-state index contributed by atoms with van der Waals surface area (Å²) >= 11 is 11.5. The highest BCUT2D eigenvalue weighted by atomic mass is 35.5. The van der Waals surface area contributed by atoms with E-state index in [4.69, 9.17) is 23.2 Å². The van der Waals surface area contributed by atoms with Gasteiger partial charge >= 0.3 is 0 Å². The van der Waals surface area contributed by atoms with Gasteiger partial charge in [-0.1, -0.05) is 36.5 Å². The molecular formula is C13H18Cl2N2O3S. The van der Waals surface area contributed by atoms with Crippen molar-refractivity contribution in [3.8, 4) is 0 Å². The SMILES string of the molecule is CCCCN(C)C(=O)CNS(=O)(=O)c1ccc(Cl)c(Cl)c1. The molecule has 1 rings (SSSR count). The van der Waals surface area contributed by atoms with Crippen LogP contribution in [0.1, 0.15) is 19.8 Å². The number of nitrogens with zero attached hydrogens (tertiary/aromatic N) is 1. The number of carbonyl (C=O) groups excluding carboxylic acids is 1. The summed E-state index contributed by atoms with van der Waals surface area (Å²) in [6.07, 6.45) is 1.84. The lowest BCUT2D eigenvalue weighted by Gasteiger charge is -2.17. The lowest BCUT2D eigenvalue weighted by atomic mass is 10.3. The number of likely N-dealkylation sites (N-methyl/N-ethyl adjacent to an activating group) is 1. The molecule has 0 bridgehead atoms. The fourth-order valence-electron chi connectivity index (χ4n) is 1.54. The molecule has 1 aromatic carbocycles. The van der Waals surface area contributed by atoms with Gasteiger partial charge in [-0.25, -0.2) is 13.1 Å². The van der Waals surface area contributed by atoms with Crippen LogP contribution in [0.15, 0.2) is 23.1 Å². The van der Waals surface area contributed by atoms with Crippen molar-refractivity contribution in [2.45, 2.75) is 24.7 Å². The summed E-state index contributed by atoms with van der Waals surface area (Å²) in [7, 11) is -2.14. The van der Waals surface area contributed by atoms with E-state index in [1.54, 1.807) is 7.05 Å². The summed E-state index contributed by atoms with van der Waals surface area (Å²) in [6.45, 7) is 2.33. The maximum Gasteiger partial charge on any atom is 0.241 e. The van der Waals surface area contributed by atoms with Gasteiger partial charge in [0, 0.05) is 13.6 Å². The molecule has 0 saturated carbocycles. The normalized spacial score (nSPS) is 11.4. The number of hydrogen-bond acceptors (Lipinski definition) is 3. The number of rotatable bonds is 7. The fraction of sp³-hybridized carbons (Fsp3) is 0.462. The summed E-state index contributed by atoms with van der Waals surface area (Å²) in [4.78, 5) is 13.3. The van der Waals surface area contributed by atoms with E-state index < -0.39 is 10.0 Å². The van der Waals surface area contributed by atoms with Crippen LogP contribution in [-0.2, 0) is 14.8 Å². The van der Waals surface area contributed by atoms with Crippen LogP contribution in [-0.4, -0.2) is 39.4 Å². The van der Waals surface area contributed by atoms with Crippen molar-refractivity contribution >= 4 is 39.1 Å². The van der Waals surface area contributed by atoms with Crippen LogP contribution >= 0.6 is 23.2 Å². The summed E-state index contributed by atoms with van der Waals surface area (Å²) in [5.74, 6) is -0.285. The molecule has 0 atom stereocenters. The third-order valence-electron chi connectivity index (χ3n) is 2.89. The van der Waals surface area contributed by atoms with Crippen molar-refractivity contribution in [1.29, 1.82) is 0 Å². The first-order valence-corrected chi connectivity index (χ1v) is 8.70. The van der Waals surface area contributed by atoms with Crippen molar-refractivity contribution in [3.05, 3.63) is 28.2 Å². The third kappa shape index (κ3) is 5.47. The Hall–Kier alpha value is -0.820. The van der Waals surface area contributed by atoms with Crippen molar-refractivity contribution in [2.24, 2.45) is 0 Å². The Bertz CT molecular complexity index is 605. The zero-order chi connectivity index (χ0) is 16.0. The van der Waals surface area contributed by atoms with Gasteiger partial charge in [-0.3, -0.25) is 4.79 Å². The smallest absolute Gasteiger partial charge is 0.241 e. The van der Waals surface area contributed by atoms with Gasteiger partial charge in [0.2, 0.25) is 15.9 Å². The maximum atomic E-state index is 12.1. The van der Waals surface area contributed by atoms with Gasteiger partial charge < -0.3 is 4.90 Å². The molecule has 0 aliphatic rings. The topological polar surface area (TPSA) is 66.5 Å². The number of sulfonamides is 1. The van der Waals surface area contributed by atoms with Gasteiger partial charge in [-0.05, 0) is 24.6 Å². The fourth-order valence-corrected chi connectivity index (χ4v) is 2.90. The van der Waals surface area contributed by atoms with Crippen LogP contribution in [0.25, 0.3) is 0 Å². The van der Waals surface area contributed by atoms with Crippen LogP contribution in [0.3, 0.4) is 0 Å². The minimum absolute atomic E-state index is 0.0269. The second-order valence-corrected chi connectivity index (χ2v) is 7.15. The van der Waals surface area contributed by atoms with Gasteiger partial charge in [0.05, 0.1) is 21.5 Å². The molecule has 21 heavy (non-hydrogen) atoms. The largest absolute Gasteiger partial charge is 0.345 e. The number of halogens is 2. The highest BCUT2D eigenvalue weighted by Gasteiger charge is 2.18. The van der Waals surface area contributed by atoms with E-state index in [1.807, 2.05) is 6.92 Å². The Morgan fingerprint density at radius 2 is 1.95 bits per heavy atom. The molecule has 0 aromatic heterocycles. The van der Waals surface area contributed by atoms with Gasteiger partial charge in [0.1, 0.15) is 0 Å². The molecule has 0 fully saturated rings. The summed E-state index contributed by atoms with van der Waals surface area (Å²) in [5, 5.41) is 0.414. The first-order chi connectivity index (χ1) is 9.77. The molecule has 0 unspecified atom stereocenters. The molecule has 0 heterocycles. The van der Waals surface area contributed by atoms with Crippen molar-refractivity contribution in [2.75, 3.05) is 20.1 Å². The van der Waals surface area contributed by atoms with E-state index in [9.17, 15) is 13.2 Å². The van der Waals surface area contributed by atoms with Gasteiger partial charge in [0.15, 0.2) is 0 Å². The standard InChI is InChI=1S/C13H18Cl2N2O3S/c1-3-4-7-17(2)13(18)9-16-21(19,20)10-5-6-11(14)12(15)8-10/h5-6,8,16H,3-4,7,9H2,1-2H3. The number of unbranched alkanes of at least 4 members (excludes halogenated alkanes) is 1. The predicted octanol–water partition coefficient (Wildman–Crippen LogP) is 2.53. The molecule has 1 aromatic rings. The van der Waals surface area contributed by atoms with Gasteiger partial charge in [-0.2, -0.15) is 0 Å². The van der Waals surface area contributed by atoms with E-state index in [0.717, 1.165) is 12.8 Å². The Labute approximate surface area is 135 Å². The molecule has 5 nitrogen and oxygen atoms in total. The minimum Gasteiger partial charge on any atom is -0.345 e. The Morgan fingerprint density at radius 1 is 1.29 bits per heavy atom. The zero-order valence-corrected chi connectivity index (χ0v) is 14.2. The molecule has 118 valence electrons. The zero-order valence-electron chi connectivity index (χ0n) is 11.9. The van der Waals surface area contributed by atoms with E-state index in [0.29, 0.717) is 6.54 Å². The number of benzene rings is 1. The third-order valence-corrected chi connectivity index (χ3v) is 5.03. The van der Waals surface area contributed by atoms with Crippen LogP contribution in [0.5, 0.6) is 0 Å². The molecule has 0 spiro atoms. The summed E-state index contributed by atoms with van der Waals surface area (Å²) in [6, 6.07) is 3.98. The molecule has 1 N–H and O–H groups in total. The van der Waals surface area contributed by atoms with Crippen molar-refractivity contribution in [1.82, 2.24) is 9.62 Å². The first kappa shape index (κ1) is 18.2.